The van der Waals surface area contributed by atoms with Gasteiger partial charge in [-0.15, -0.1) is 0 Å². The monoisotopic (exact) mass is 469 g/mol. The summed E-state index contributed by atoms with van der Waals surface area (Å²) in [6.07, 6.45) is 4.07. The predicted molar refractivity (Wildman–Crippen MR) is 134 cm³/mol. The van der Waals surface area contributed by atoms with E-state index in [-0.39, 0.29) is 17.3 Å². The molecule has 0 aliphatic carbocycles. The van der Waals surface area contributed by atoms with Crippen molar-refractivity contribution in [2.75, 3.05) is 18.0 Å². The lowest BCUT2D eigenvalue weighted by Crippen LogP contribution is -2.39. The highest BCUT2D eigenvalue weighted by Gasteiger charge is 2.37. The van der Waals surface area contributed by atoms with Gasteiger partial charge in [0.15, 0.2) is 6.10 Å². The fourth-order valence-electron chi connectivity index (χ4n) is 4.20. The highest BCUT2D eigenvalue weighted by molar-refractivity contribution is 5.86. The van der Waals surface area contributed by atoms with Gasteiger partial charge in [0.25, 0.3) is 0 Å². The molecule has 1 atom stereocenters. The van der Waals surface area contributed by atoms with E-state index in [4.69, 9.17) is 9.47 Å². The number of aryl methyl sites for hydroxylation is 1. The van der Waals surface area contributed by atoms with Crippen molar-refractivity contribution in [3.05, 3.63) is 35.8 Å². The average Bonchev–Trinajstić information content (AvgIpc) is 2.72. The standard InChI is InChI=1S/C27H39N3O4/c1-17(2)33-25(32)24(34-26(4,5)6)22-18(3)28-16-20(21-10-9-19(31)15-29-21)23(22)30-13-11-27(7,8)12-14-30/h9-10,15-17,24,31H,11-14H2,1-8H3. The molecule has 1 fully saturated rings. The van der Waals surface area contributed by atoms with Crippen molar-refractivity contribution in [1.29, 1.82) is 0 Å². The number of hydrogen-bond donors (Lipinski definition) is 1. The summed E-state index contributed by atoms with van der Waals surface area (Å²) in [5.41, 5.74) is 3.49. The third-order valence-corrected chi connectivity index (χ3v) is 6.04. The SMILES string of the molecule is Cc1ncc(-c2ccc(O)cn2)c(N2CCC(C)(C)CC2)c1C(OC(C)(C)C)C(=O)OC(C)C. The molecule has 1 aliphatic rings. The van der Waals surface area contributed by atoms with Crippen molar-refractivity contribution in [2.45, 2.75) is 86.0 Å². The Morgan fingerprint density at radius 1 is 1.12 bits per heavy atom. The van der Waals surface area contributed by atoms with Gasteiger partial charge in [0.1, 0.15) is 5.75 Å². The van der Waals surface area contributed by atoms with Gasteiger partial charge in [-0.25, -0.2) is 4.79 Å². The number of anilines is 1. The Bertz CT molecular complexity index is 1000. The Balaban J connectivity index is 2.23. The van der Waals surface area contributed by atoms with Crippen LogP contribution in [-0.4, -0.2) is 45.8 Å². The molecule has 2 aromatic rings. The smallest absolute Gasteiger partial charge is 0.340 e. The predicted octanol–water partition coefficient (Wildman–Crippen LogP) is 5.59. The molecule has 0 radical (unpaired) electrons. The average molecular weight is 470 g/mol. The number of piperidine rings is 1. The number of rotatable bonds is 6. The van der Waals surface area contributed by atoms with Gasteiger partial charge >= 0.3 is 5.97 Å². The summed E-state index contributed by atoms with van der Waals surface area (Å²) in [7, 11) is 0. The summed E-state index contributed by atoms with van der Waals surface area (Å²) in [6.45, 7) is 17.6. The molecule has 1 saturated heterocycles. The first-order valence-corrected chi connectivity index (χ1v) is 12.1. The minimum atomic E-state index is -0.933. The van der Waals surface area contributed by atoms with Crippen LogP contribution in [0.1, 0.15) is 78.7 Å². The topological polar surface area (TPSA) is 84.8 Å². The van der Waals surface area contributed by atoms with Crippen LogP contribution >= 0.6 is 0 Å². The van der Waals surface area contributed by atoms with Crippen molar-refractivity contribution < 1.29 is 19.4 Å². The highest BCUT2D eigenvalue weighted by atomic mass is 16.6. The number of aromatic nitrogens is 2. The summed E-state index contributed by atoms with van der Waals surface area (Å²) in [6, 6.07) is 3.38. The highest BCUT2D eigenvalue weighted by Crippen LogP contribution is 2.43. The molecule has 0 saturated carbocycles. The van der Waals surface area contributed by atoms with E-state index in [1.165, 1.54) is 6.20 Å². The van der Waals surface area contributed by atoms with Gasteiger partial charge in [0.05, 0.1) is 29.3 Å². The van der Waals surface area contributed by atoms with Gasteiger partial charge in [-0.05, 0) is 71.9 Å². The quantitative estimate of drug-likeness (QED) is 0.552. The second-order valence-corrected chi connectivity index (χ2v) is 11.2. The summed E-state index contributed by atoms with van der Waals surface area (Å²) in [5.74, 6) is -0.330. The molecule has 1 unspecified atom stereocenters. The first-order chi connectivity index (χ1) is 15.8. The fraction of sp³-hybridized carbons (Fsp3) is 0.593. The zero-order valence-corrected chi connectivity index (χ0v) is 21.8. The van der Waals surface area contributed by atoms with Gasteiger partial charge in [0, 0.05) is 36.1 Å². The molecule has 34 heavy (non-hydrogen) atoms. The summed E-state index contributed by atoms with van der Waals surface area (Å²) in [5, 5.41) is 9.78. The molecule has 186 valence electrons. The van der Waals surface area contributed by atoms with Crippen LogP contribution in [0.2, 0.25) is 0 Å². The molecule has 3 rings (SSSR count). The minimum Gasteiger partial charge on any atom is -0.506 e. The lowest BCUT2D eigenvalue weighted by atomic mass is 9.82. The molecule has 7 nitrogen and oxygen atoms in total. The van der Waals surface area contributed by atoms with Crippen LogP contribution in [0.3, 0.4) is 0 Å². The van der Waals surface area contributed by atoms with Gasteiger partial charge in [-0.2, -0.15) is 0 Å². The van der Waals surface area contributed by atoms with Crippen LogP contribution in [0.25, 0.3) is 11.3 Å². The van der Waals surface area contributed by atoms with E-state index < -0.39 is 17.7 Å². The van der Waals surface area contributed by atoms with Crippen LogP contribution in [0.4, 0.5) is 5.69 Å². The molecule has 1 aliphatic heterocycles. The molecule has 0 spiro atoms. The van der Waals surface area contributed by atoms with Crippen molar-refractivity contribution in [2.24, 2.45) is 5.41 Å². The maximum absolute atomic E-state index is 13.4. The molecule has 0 amide bonds. The number of carbonyl (C=O) groups is 1. The molecular weight excluding hydrogens is 430 g/mol. The second-order valence-electron chi connectivity index (χ2n) is 11.2. The van der Waals surface area contributed by atoms with E-state index in [9.17, 15) is 9.90 Å². The Hall–Kier alpha value is -2.67. The van der Waals surface area contributed by atoms with E-state index in [0.717, 1.165) is 42.9 Å². The minimum absolute atomic E-state index is 0.0970. The van der Waals surface area contributed by atoms with Crippen molar-refractivity contribution in [3.8, 4) is 17.0 Å². The second kappa shape index (κ2) is 9.90. The number of pyridine rings is 2. The molecule has 7 heteroatoms. The fourth-order valence-corrected chi connectivity index (χ4v) is 4.20. The Labute approximate surface area is 203 Å². The van der Waals surface area contributed by atoms with E-state index in [1.807, 2.05) is 41.5 Å². The van der Waals surface area contributed by atoms with Crippen LogP contribution in [-0.2, 0) is 14.3 Å². The normalized spacial score (nSPS) is 17.0. The Kier molecular flexibility index (Phi) is 7.56. The Morgan fingerprint density at radius 3 is 2.29 bits per heavy atom. The largest absolute Gasteiger partial charge is 0.506 e. The maximum atomic E-state index is 13.4. The Morgan fingerprint density at radius 2 is 1.76 bits per heavy atom. The molecule has 3 heterocycles. The molecule has 0 aromatic carbocycles. The lowest BCUT2D eigenvalue weighted by molar-refractivity contribution is -0.171. The zero-order valence-electron chi connectivity index (χ0n) is 21.8. The first kappa shape index (κ1) is 25.9. The van der Waals surface area contributed by atoms with Crippen molar-refractivity contribution in [3.63, 3.8) is 0 Å². The number of esters is 1. The van der Waals surface area contributed by atoms with E-state index in [1.54, 1.807) is 18.3 Å². The van der Waals surface area contributed by atoms with Crippen molar-refractivity contribution >= 4 is 11.7 Å². The molecule has 1 N–H and O–H groups in total. The first-order valence-electron chi connectivity index (χ1n) is 12.1. The lowest BCUT2D eigenvalue weighted by Gasteiger charge is -2.41. The maximum Gasteiger partial charge on any atom is 0.340 e. The molecule has 0 bridgehead atoms. The van der Waals surface area contributed by atoms with Gasteiger partial charge in [0.2, 0.25) is 0 Å². The van der Waals surface area contributed by atoms with Gasteiger partial charge < -0.3 is 19.5 Å². The van der Waals surface area contributed by atoms with Gasteiger partial charge in [-0.1, -0.05) is 13.8 Å². The van der Waals surface area contributed by atoms with Gasteiger partial charge in [-0.3, -0.25) is 9.97 Å². The number of hydrogen-bond acceptors (Lipinski definition) is 7. The third kappa shape index (κ3) is 6.26. The molecule has 2 aromatic heterocycles. The number of carbonyl (C=O) groups excluding carboxylic acids is 1. The van der Waals surface area contributed by atoms with E-state index >= 15 is 0 Å². The van der Waals surface area contributed by atoms with Crippen LogP contribution in [0, 0.1) is 12.3 Å². The summed E-state index contributed by atoms with van der Waals surface area (Å²) >= 11 is 0. The van der Waals surface area contributed by atoms with E-state index in [0.29, 0.717) is 11.3 Å². The number of ether oxygens (including phenoxy) is 2. The number of nitrogens with zero attached hydrogens (tertiary/aromatic N) is 3. The number of aromatic hydroxyl groups is 1. The van der Waals surface area contributed by atoms with Crippen LogP contribution in [0.15, 0.2) is 24.5 Å². The van der Waals surface area contributed by atoms with Crippen LogP contribution in [0.5, 0.6) is 5.75 Å². The van der Waals surface area contributed by atoms with E-state index in [2.05, 4.69) is 28.7 Å². The zero-order chi connectivity index (χ0) is 25.3. The van der Waals surface area contributed by atoms with Crippen LogP contribution < -0.4 is 4.90 Å². The summed E-state index contributed by atoms with van der Waals surface area (Å²) < 4.78 is 12.0. The van der Waals surface area contributed by atoms with Crippen molar-refractivity contribution in [1.82, 2.24) is 9.97 Å². The molecular formula is C27H39N3O4. The summed E-state index contributed by atoms with van der Waals surface area (Å²) in [4.78, 5) is 24.8. The third-order valence-electron chi connectivity index (χ3n) is 6.04.